The van der Waals surface area contributed by atoms with Gasteiger partial charge in [-0.3, -0.25) is 14.7 Å². The zero-order valence-corrected chi connectivity index (χ0v) is 18.8. The first-order valence-corrected chi connectivity index (χ1v) is 9.23. The predicted octanol–water partition coefficient (Wildman–Crippen LogP) is 3.62. The Morgan fingerprint density at radius 2 is 2.10 bits per heavy atom. The average molecular weight is 452 g/mol. The molecule has 3 aromatic rings. The largest absolute Gasteiger partial charge is 0.490 e. The maximum atomic E-state index is 14.1. The molecule has 30 heavy (non-hydrogen) atoms. The number of nitrogens with zero attached hydrogens (tertiary/aromatic N) is 2. The molecule has 1 aliphatic carbocycles. The van der Waals surface area contributed by atoms with Gasteiger partial charge in [0, 0.05) is 24.9 Å². The molecule has 2 atom stereocenters. The van der Waals surface area contributed by atoms with Gasteiger partial charge in [-0.2, -0.15) is 32.1 Å². The second-order valence-electron chi connectivity index (χ2n) is 7.41. The summed E-state index contributed by atoms with van der Waals surface area (Å²) in [6.07, 6.45) is 2.99. The maximum Gasteiger partial charge on any atom is 0.254 e. The number of fused-ring (bicyclic) bond motifs is 1. The summed E-state index contributed by atoms with van der Waals surface area (Å²) in [5.41, 5.74) is 2.72. The molecular formula is C21H26FN3O3S2. The molecular weight excluding hydrogens is 425 g/mol. The van der Waals surface area contributed by atoms with E-state index in [0.717, 1.165) is 10.9 Å². The van der Waals surface area contributed by atoms with E-state index in [1.165, 1.54) is 6.07 Å². The van der Waals surface area contributed by atoms with Crippen molar-refractivity contribution in [2.75, 3.05) is 0 Å². The van der Waals surface area contributed by atoms with Crippen LogP contribution in [0.5, 0.6) is 5.75 Å². The summed E-state index contributed by atoms with van der Waals surface area (Å²) < 4.78 is 22.1. The van der Waals surface area contributed by atoms with Crippen LogP contribution in [0.15, 0.2) is 42.6 Å². The maximum absolute atomic E-state index is 14.1. The number of benzene rings is 2. The highest BCUT2D eigenvalue weighted by Gasteiger charge is 2.48. The van der Waals surface area contributed by atoms with Crippen molar-refractivity contribution in [3.8, 4) is 5.75 Å². The van der Waals surface area contributed by atoms with Crippen LogP contribution in [0.4, 0.5) is 4.39 Å². The van der Waals surface area contributed by atoms with Crippen molar-refractivity contribution in [3.05, 3.63) is 59.5 Å². The number of rotatable bonds is 4. The number of ether oxygens (including phenoxy) is 1. The molecule has 0 radical (unpaired) electrons. The van der Waals surface area contributed by atoms with Crippen molar-refractivity contribution in [1.29, 1.82) is 0 Å². The average Bonchev–Trinajstić information content (AvgIpc) is 3.28. The van der Waals surface area contributed by atoms with Gasteiger partial charge in [0.1, 0.15) is 17.7 Å². The molecule has 0 spiro atoms. The number of carbonyl (C=O) groups excluding carboxylic acids is 1. The van der Waals surface area contributed by atoms with Gasteiger partial charge in [-0.1, -0.05) is 12.1 Å². The van der Waals surface area contributed by atoms with Crippen molar-refractivity contribution in [1.82, 2.24) is 15.3 Å². The van der Waals surface area contributed by atoms with E-state index in [9.17, 15) is 14.4 Å². The van der Waals surface area contributed by atoms with Crippen LogP contribution in [-0.2, 0) is 17.3 Å². The Bertz CT molecular complexity index is 1060. The van der Waals surface area contributed by atoms with Gasteiger partial charge in [0.2, 0.25) is 0 Å². The second kappa shape index (κ2) is 9.28. The lowest BCUT2D eigenvalue weighted by Gasteiger charge is -2.29. The summed E-state index contributed by atoms with van der Waals surface area (Å²) in [7, 11) is 1.87. The summed E-state index contributed by atoms with van der Waals surface area (Å²) in [5, 5.41) is 14.6. The number of carbonyl (C=O) groups is 1. The molecule has 1 aromatic heterocycles. The lowest BCUT2D eigenvalue weighted by Crippen LogP contribution is -2.42. The molecule has 4 rings (SSSR count). The van der Waals surface area contributed by atoms with Gasteiger partial charge >= 0.3 is 0 Å². The minimum atomic E-state index is -1.03. The molecule has 9 heteroatoms. The first-order chi connectivity index (χ1) is 13.4. The van der Waals surface area contributed by atoms with Crippen LogP contribution in [0.2, 0.25) is 0 Å². The number of hydroxylamine groups is 1. The van der Waals surface area contributed by atoms with E-state index in [4.69, 9.17) is 4.74 Å². The Balaban J connectivity index is 0.00000160. The van der Waals surface area contributed by atoms with Crippen LogP contribution in [0, 0.1) is 12.7 Å². The van der Waals surface area contributed by atoms with Crippen LogP contribution in [0.3, 0.4) is 0 Å². The van der Waals surface area contributed by atoms with Gasteiger partial charge in [0.25, 0.3) is 5.91 Å². The van der Waals surface area contributed by atoms with Crippen molar-refractivity contribution < 1.29 is 19.1 Å². The minimum Gasteiger partial charge on any atom is -0.490 e. The normalized spacial score (nSPS) is 20.3. The monoisotopic (exact) mass is 451 g/mol. The highest BCUT2D eigenvalue weighted by atomic mass is 32.1. The third-order valence-electron chi connectivity index (χ3n) is 5.81. The summed E-state index contributed by atoms with van der Waals surface area (Å²) in [6.45, 7) is 1.65. The standard InChI is InChI=1S/C21H22FN3O3.2H2S/c1-13-17(4-3-5-18(13)22)21(20(26)24-27)9-8-16(11-21)28-15-7-6-14-12-23-25(2)19(14)10-15;;/h3-7,10,12,16,27H,8-9,11H2,1-2H3,(H,24,26);2*1H2/t16-,21-;;/m0../s1. The summed E-state index contributed by atoms with van der Waals surface area (Å²) >= 11 is 0. The number of halogens is 1. The van der Waals surface area contributed by atoms with Crippen LogP contribution in [0.1, 0.15) is 30.4 Å². The first kappa shape index (κ1) is 24.0. The Morgan fingerprint density at radius 3 is 2.83 bits per heavy atom. The molecule has 162 valence electrons. The lowest BCUT2D eigenvalue weighted by atomic mass is 9.76. The predicted molar refractivity (Wildman–Crippen MR) is 122 cm³/mol. The summed E-state index contributed by atoms with van der Waals surface area (Å²) in [5.74, 6) is -0.208. The molecule has 1 saturated carbocycles. The highest BCUT2D eigenvalue weighted by molar-refractivity contribution is 7.59. The van der Waals surface area contributed by atoms with Crippen LogP contribution in [-0.4, -0.2) is 27.0 Å². The fourth-order valence-electron chi connectivity index (χ4n) is 4.30. The van der Waals surface area contributed by atoms with Gasteiger partial charge in [-0.15, -0.1) is 0 Å². The number of aromatic nitrogens is 2. The number of nitrogens with one attached hydrogen (secondary N) is 1. The van der Waals surface area contributed by atoms with Gasteiger partial charge in [-0.25, -0.2) is 9.87 Å². The highest BCUT2D eigenvalue weighted by Crippen LogP contribution is 2.44. The molecule has 2 N–H and O–H groups in total. The van der Waals surface area contributed by atoms with E-state index in [-0.39, 0.29) is 38.9 Å². The smallest absolute Gasteiger partial charge is 0.254 e. The lowest BCUT2D eigenvalue weighted by molar-refractivity contribution is -0.135. The van der Waals surface area contributed by atoms with E-state index < -0.39 is 11.3 Å². The number of hydrogen-bond acceptors (Lipinski definition) is 4. The number of amides is 1. The SMILES string of the molecule is Cc1c(F)cccc1[C@]1(C(=O)NO)CC[C@H](Oc2ccc3cnn(C)c3c2)C1.S.S. The van der Waals surface area contributed by atoms with E-state index in [2.05, 4.69) is 5.10 Å². The minimum absolute atomic E-state index is 0. The molecule has 0 bridgehead atoms. The van der Waals surface area contributed by atoms with Crippen LogP contribution < -0.4 is 10.2 Å². The molecule has 6 nitrogen and oxygen atoms in total. The Kier molecular flexibility index (Phi) is 7.44. The Hall–Kier alpha value is -2.23. The Morgan fingerprint density at radius 1 is 1.33 bits per heavy atom. The van der Waals surface area contributed by atoms with E-state index in [1.807, 2.05) is 25.2 Å². The molecule has 1 heterocycles. The van der Waals surface area contributed by atoms with Crippen molar-refractivity contribution in [3.63, 3.8) is 0 Å². The van der Waals surface area contributed by atoms with Gasteiger partial charge in [-0.05, 0) is 49.1 Å². The third-order valence-corrected chi connectivity index (χ3v) is 5.81. The quantitative estimate of drug-likeness (QED) is 0.469. The zero-order valence-electron chi connectivity index (χ0n) is 16.8. The van der Waals surface area contributed by atoms with Gasteiger partial charge in [0.05, 0.1) is 17.1 Å². The zero-order chi connectivity index (χ0) is 19.9. The van der Waals surface area contributed by atoms with Crippen molar-refractivity contribution in [2.45, 2.75) is 37.7 Å². The molecule has 1 amide bonds. The first-order valence-electron chi connectivity index (χ1n) is 9.23. The van der Waals surface area contributed by atoms with Gasteiger partial charge in [0.15, 0.2) is 0 Å². The van der Waals surface area contributed by atoms with Crippen LogP contribution in [0.25, 0.3) is 10.9 Å². The van der Waals surface area contributed by atoms with E-state index >= 15 is 0 Å². The van der Waals surface area contributed by atoms with Crippen LogP contribution >= 0.6 is 27.0 Å². The third kappa shape index (κ3) is 4.01. The second-order valence-corrected chi connectivity index (χ2v) is 7.41. The van der Waals surface area contributed by atoms with E-state index in [0.29, 0.717) is 36.1 Å². The summed E-state index contributed by atoms with van der Waals surface area (Å²) in [4.78, 5) is 12.6. The topological polar surface area (TPSA) is 76.4 Å². The van der Waals surface area contributed by atoms with Crippen molar-refractivity contribution in [2.24, 2.45) is 7.05 Å². The number of aryl methyl sites for hydroxylation is 1. The van der Waals surface area contributed by atoms with Crippen molar-refractivity contribution >= 4 is 43.8 Å². The van der Waals surface area contributed by atoms with E-state index in [1.54, 1.807) is 35.4 Å². The Labute approximate surface area is 188 Å². The molecule has 2 aromatic carbocycles. The fourth-order valence-corrected chi connectivity index (χ4v) is 4.30. The van der Waals surface area contributed by atoms with Gasteiger partial charge < -0.3 is 4.74 Å². The molecule has 1 aliphatic rings. The fraction of sp³-hybridized carbons (Fsp3) is 0.333. The molecule has 0 unspecified atom stereocenters. The molecule has 0 aliphatic heterocycles. The summed E-state index contributed by atoms with van der Waals surface area (Å²) in [6, 6.07) is 10.4. The number of hydrogen-bond donors (Lipinski definition) is 2. The molecule has 1 fully saturated rings. The molecule has 0 saturated heterocycles.